The topological polar surface area (TPSA) is 103 Å². The average molecular weight is 407 g/mol. The zero-order chi connectivity index (χ0) is 21.6. The molecule has 2 aromatic heterocycles. The van der Waals surface area contributed by atoms with Gasteiger partial charge in [-0.05, 0) is 18.6 Å². The smallest absolute Gasteiger partial charge is 0.224 e. The maximum atomic E-state index is 9.32. The summed E-state index contributed by atoms with van der Waals surface area (Å²) in [7, 11) is 0. The number of hydrogen-bond acceptors (Lipinski definition) is 6. The molecule has 0 aromatic carbocycles. The van der Waals surface area contributed by atoms with Gasteiger partial charge in [-0.15, -0.1) is 0 Å². The van der Waals surface area contributed by atoms with E-state index in [1.54, 1.807) is 18.5 Å². The molecule has 2 aromatic rings. The van der Waals surface area contributed by atoms with Crippen molar-refractivity contribution in [3.63, 3.8) is 0 Å². The molecule has 0 radical (unpaired) electrons. The Labute approximate surface area is 181 Å². The van der Waals surface area contributed by atoms with E-state index in [0.29, 0.717) is 24.1 Å². The minimum absolute atomic E-state index is 0.148. The molecule has 31 heavy (non-hydrogen) atoms. The normalized spacial score (nSPS) is 17.6. The summed E-state index contributed by atoms with van der Waals surface area (Å²) in [6, 6.07) is 6.18. The highest BCUT2D eigenvalue weighted by Crippen LogP contribution is 2.28. The highest BCUT2D eigenvalue weighted by Gasteiger charge is 2.18. The fourth-order valence-electron chi connectivity index (χ4n) is 3.41. The van der Waals surface area contributed by atoms with Crippen LogP contribution in [0.15, 0.2) is 72.6 Å². The lowest BCUT2D eigenvalue weighted by atomic mass is 10.1. The van der Waals surface area contributed by atoms with Gasteiger partial charge in [0, 0.05) is 24.2 Å². The van der Waals surface area contributed by atoms with E-state index in [1.165, 1.54) is 0 Å². The van der Waals surface area contributed by atoms with Gasteiger partial charge in [0.1, 0.15) is 11.6 Å². The average Bonchev–Trinajstić information content (AvgIpc) is 2.95. The standard InChI is InChI=1S/C24H21N7/c1-17(14-26)15-29-24-27-11-9-22(30-24)31-21(8-10-25)16-28-23(31)20-7-6-18-4-2-3-5-19(12-18)13-20/h2-7,9,11-13,16-17,19H,8,15H2,1H3,(H,27,29,30). The molecule has 2 atom stereocenters. The summed E-state index contributed by atoms with van der Waals surface area (Å²) < 4.78 is 1.90. The third-order valence-corrected chi connectivity index (χ3v) is 4.96. The SMILES string of the molecule is CC(C#N)CNc1nccc(-n2c(CC#N)cnc2C2=CC3C=CC=CC(=C3)C=C2)n1. The van der Waals surface area contributed by atoms with Crippen molar-refractivity contribution in [3.8, 4) is 18.0 Å². The van der Waals surface area contributed by atoms with Crippen LogP contribution in [0.3, 0.4) is 0 Å². The molecule has 2 aliphatic carbocycles. The second-order valence-electron chi connectivity index (χ2n) is 7.34. The fourth-order valence-corrected chi connectivity index (χ4v) is 3.41. The van der Waals surface area contributed by atoms with Crippen LogP contribution in [0, 0.1) is 34.5 Å². The maximum absolute atomic E-state index is 9.32. The van der Waals surface area contributed by atoms with Gasteiger partial charge in [-0.25, -0.2) is 9.97 Å². The molecule has 0 aliphatic heterocycles. The van der Waals surface area contributed by atoms with Gasteiger partial charge >= 0.3 is 0 Å². The number of imidazole rings is 1. The van der Waals surface area contributed by atoms with Crippen molar-refractivity contribution < 1.29 is 0 Å². The van der Waals surface area contributed by atoms with Crippen molar-refractivity contribution in [2.45, 2.75) is 13.3 Å². The fraction of sp³-hybridized carbons (Fsp3) is 0.208. The van der Waals surface area contributed by atoms with Crippen molar-refractivity contribution in [1.82, 2.24) is 19.5 Å². The van der Waals surface area contributed by atoms with E-state index in [4.69, 9.17) is 5.26 Å². The number of anilines is 1. The summed E-state index contributed by atoms with van der Waals surface area (Å²) >= 11 is 0. The minimum atomic E-state index is -0.161. The summed E-state index contributed by atoms with van der Waals surface area (Å²) in [4.78, 5) is 13.5. The Morgan fingerprint density at radius 3 is 2.90 bits per heavy atom. The quantitative estimate of drug-likeness (QED) is 0.778. The Kier molecular flexibility index (Phi) is 5.86. The van der Waals surface area contributed by atoms with E-state index in [2.05, 4.69) is 62.8 Å². The number of allylic oxidation sites excluding steroid dienone is 10. The molecular weight excluding hydrogens is 386 g/mol. The van der Waals surface area contributed by atoms with Crippen LogP contribution in [0.25, 0.3) is 11.4 Å². The van der Waals surface area contributed by atoms with E-state index in [9.17, 15) is 5.26 Å². The van der Waals surface area contributed by atoms with E-state index in [1.807, 2.05) is 29.7 Å². The van der Waals surface area contributed by atoms with E-state index in [0.717, 1.165) is 16.8 Å². The Morgan fingerprint density at radius 1 is 1.16 bits per heavy atom. The van der Waals surface area contributed by atoms with Crippen LogP contribution >= 0.6 is 0 Å². The van der Waals surface area contributed by atoms with E-state index >= 15 is 0 Å². The predicted molar refractivity (Wildman–Crippen MR) is 119 cm³/mol. The van der Waals surface area contributed by atoms with Crippen LogP contribution in [0.1, 0.15) is 18.4 Å². The molecule has 0 saturated heterocycles. The second-order valence-corrected chi connectivity index (χ2v) is 7.34. The van der Waals surface area contributed by atoms with Crippen molar-refractivity contribution in [2.24, 2.45) is 11.8 Å². The molecule has 2 bridgehead atoms. The van der Waals surface area contributed by atoms with Gasteiger partial charge in [0.05, 0.1) is 36.4 Å². The third kappa shape index (κ3) is 4.52. The van der Waals surface area contributed by atoms with Gasteiger partial charge in [0.15, 0.2) is 0 Å². The molecule has 0 amide bonds. The lowest BCUT2D eigenvalue weighted by Gasteiger charge is -2.13. The molecule has 0 spiro atoms. The van der Waals surface area contributed by atoms with Crippen molar-refractivity contribution in [3.05, 3.63) is 84.2 Å². The number of nitriles is 2. The van der Waals surface area contributed by atoms with Crippen molar-refractivity contribution in [2.75, 3.05) is 11.9 Å². The van der Waals surface area contributed by atoms with Crippen molar-refractivity contribution >= 4 is 11.5 Å². The molecule has 2 unspecified atom stereocenters. The Balaban J connectivity index is 1.74. The minimum Gasteiger partial charge on any atom is -0.353 e. The zero-order valence-corrected chi connectivity index (χ0v) is 17.1. The Morgan fingerprint density at radius 2 is 2.06 bits per heavy atom. The Bertz CT molecular complexity index is 1210. The molecular formula is C24H21N7. The van der Waals surface area contributed by atoms with Crippen LogP contribution in [-0.2, 0) is 6.42 Å². The first kappa shape index (κ1) is 20.1. The number of nitrogens with one attached hydrogen (secondary N) is 1. The van der Waals surface area contributed by atoms with E-state index < -0.39 is 0 Å². The lowest BCUT2D eigenvalue weighted by molar-refractivity contribution is 0.776. The molecule has 4 rings (SSSR count). The number of fused-ring (bicyclic) bond motifs is 1. The largest absolute Gasteiger partial charge is 0.353 e. The maximum Gasteiger partial charge on any atom is 0.224 e. The number of aromatic nitrogens is 4. The molecule has 2 aliphatic rings. The lowest BCUT2D eigenvalue weighted by Crippen LogP contribution is -2.13. The van der Waals surface area contributed by atoms with Crippen LogP contribution in [-0.4, -0.2) is 26.1 Å². The molecule has 2 heterocycles. The van der Waals surface area contributed by atoms with Crippen molar-refractivity contribution in [1.29, 1.82) is 10.5 Å². The molecule has 1 N–H and O–H groups in total. The Hall–Kier alpha value is -4.23. The van der Waals surface area contributed by atoms with Gasteiger partial charge in [-0.2, -0.15) is 15.5 Å². The predicted octanol–water partition coefficient (Wildman–Crippen LogP) is 3.92. The summed E-state index contributed by atoms with van der Waals surface area (Å²) in [5, 5.41) is 21.4. The number of nitrogens with zero attached hydrogens (tertiary/aromatic N) is 6. The van der Waals surface area contributed by atoms with Gasteiger partial charge in [-0.1, -0.05) is 48.6 Å². The first-order valence-corrected chi connectivity index (χ1v) is 10.1. The second kappa shape index (κ2) is 9.06. The van der Waals surface area contributed by atoms with Gasteiger partial charge < -0.3 is 5.32 Å². The molecule has 152 valence electrons. The highest BCUT2D eigenvalue weighted by molar-refractivity contribution is 5.74. The van der Waals surface area contributed by atoms with Gasteiger partial charge in [0.25, 0.3) is 0 Å². The highest BCUT2D eigenvalue weighted by atomic mass is 15.2. The molecule has 7 nitrogen and oxygen atoms in total. The molecule has 0 saturated carbocycles. The third-order valence-electron chi connectivity index (χ3n) is 4.96. The van der Waals surface area contributed by atoms with Crippen LogP contribution in [0.2, 0.25) is 0 Å². The monoisotopic (exact) mass is 407 g/mol. The van der Waals surface area contributed by atoms with Crippen LogP contribution in [0.5, 0.6) is 0 Å². The number of hydrogen-bond donors (Lipinski definition) is 1. The summed E-state index contributed by atoms with van der Waals surface area (Å²) in [6.45, 7) is 2.28. The first-order valence-electron chi connectivity index (χ1n) is 10.1. The van der Waals surface area contributed by atoms with Gasteiger partial charge in [-0.3, -0.25) is 4.57 Å². The number of rotatable bonds is 6. The van der Waals surface area contributed by atoms with Crippen LogP contribution in [0.4, 0.5) is 5.95 Å². The first-order chi connectivity index (χ1) is 15.2. The van der Waals surface area contributed by atoms with Crippen LogP contribution < -0.4 is 5.32 Å². The summed E-state index contributed by atoms with van der Waals surface area (Å²) in [5.41, 5.74) is 2.83. The summed E-state index contributed by atoms with van der Waals surface area (Å²) in [5.74, 6) is 1.75. The van der Waals surface area contributed by atoms with E-state index in [-0.39, 0.29) is 18.3 Å². The molecule has 0 fully saturated rings. The summed E-state index contributed by atoms with van der Waals surface area (Å²) in [6.07, 6.45) is 20.3. The zero-order valence-electron chi connectivity index (χ0n) is 17.1. The van der Waals surface area contributed by atoms with Gasteiger partial charge in [0.2, 0.25) is 5.95 Å². The molecule has 7 heteroatoms.